The van der Waals surface area contributed by atoms with Crippen molar-refractivity contribution in [1.82, 2.24) is 0 Å². The van der Waals surface area contributed by atoms with E-state index in [0.29, 0.717) is 12.3 Å². The summed E-state index contributed by atoms with van der Waals surface area (Å²) in [6.07, 6.45) is 7.19. The van der Waals surface area contributed by atoms with Gasteiger partial charge in [-0.15, -0.1) is 0 Å². The molecule has 0 spiro atoms. The molecule has 18 heavy (non-hydrogen) atoms. The Hall–Kier alpha value is -1.31. The summed E-state index contributed by atoms with van der Waals surface area (Å²) in [6.45, 7) is 3.94. The van der Waals surface area contributed by atoms with Crippen LogP contribution in [0, 0.1) is 6.92 Å². The Kier molecular flexibility index (Phi) is 4.40. The quantitative estimate of drug-likeness (QED) is 0.840. The maximum absolute atomic E-state index is 11.5. The molecule has 0 aromatic heterocycles. The van der Waals surface area contributed by atoms with E-state index >= 15 is 0 Å². The van der Waals surface area contributed by atoms with Gasteiger partial charge in [0.15, 0.2) is 0 Å². The van der Waals surface area contributed by atoms with Crippen molar-refractivity contribution in [2.24, 2.45) is 0 Å². The van der Waals surface area contributed by atoms with Gasteiger partial charge in [0, 0.05) is 12.1 Å². The van der Waals surface area contributed by atoms with Gasteiger partial charge < -0.3 is 5.32 Å². The maximum Gasteiger partial charge on any atom is 0.224 e. The lowest BCUT2D eigenvalue weighted by molar-refractivity contribution is -0.115. The lowest BCUT2D eigenvalue weighted by atomic mass is 9.83. The van der Waals surface area contributed by atoms with Gasteiger partial charge in [-0.25, -0.2) is 0 Å². The molecule has 2 rings (SSSR count). The molecule has 1 aromatic rings. The van der Waals surface area contributed by atoms with Crippen LogP contribution in [0.3, 0.4) is 0 Å². The van der Waals surface area contributed by atoms with Gasteiger partial charge in [-0.2, -0.15) is 0 Å². The number of nitrogens with one attached hydrogen (secondary N) is 1. The first-order chi connectivity index (χ1) is 8.70. The van der Waals surface area contributed by atoms with Crippen molar-refractivity contribution in [2.45, 2.75) is 58.3 Å². The molecule has 1 aliphatic rings. The summed E-state index contributed by atoms with van der Waals surface area (Å²) in [4.78, 5) is 11.5. The SMILES string of the molecule is CCC(=O)Nc1cc(C2CCCCC2)ccc1C. The van der Waals surface area contributed by atoms with Crippen molar-refractivity contribution >= 4 is 11.6 Å². The fraction of sp³-hybridized carbons (Fsp3) is 0.562. The molecule has 98 valence electrons. The molecule has 0 radical (unpaired) electrons. The number of aryl methyl sites for hydroxylation is 1. The van der Waals surface area contributed by atoms with E-state index < -0.39 is 0 Å². The van der Waals surface area contributed by atoms with Gasteiger partial charge >= 0.3 is 0 Å². The van der Waals surface area contributed by atoms with E-state index in [1.165, 1.54) is 37.7 Å². The van der Waals surface area contributed by atoms with Crippen LogP contribution >= 0.6 is 0 Å². The second-order valence-corrected chi connectivity index (χ2v) is 5.31. The van der Waals surface area contributed by atoms with Gasteiger partial charge in [0.25, 0.3) is 0 Å². The predicted molar refractivity (Wildman–Crippen MR) is 75.9 cm³/mol. The van der Waals surface area contributed by atoms with Crippen LogP contribution in [-0.2, 0) is 4.79 Å². The number of hydrogen-bond acceptors (Lipinski definition) is 1. The number of carbonyl (C=O) groups is 1. The molecule has 1 fully saturated rings. The summed E-state index contributed by atoms with van der Waals surface area (Å²) < 4.78 is 0. The summed E-state index contributed by atoms with van der Waals surface area (Å²) in [5.41, 5.74) is 3.54. The van der Waals surface area contributed by atoms with Crippen LogP contribution in [0.25, 0.3) is 0 Å². The Labute approximate surface area is 110 Å². The largest absolute Gasteiger partial charge is 0.326 e. The molecule has 0 bridgehead atoms. The van der Waals surface area contributed by atoms with E-state index in [9.17, 15) is 4.79 Å². The minimum atomic E-state index is 0.0962. The second-order valence-electron chi connectivity index (χ2n) is 5.31. The van der Waals surface area contributed by atoms with Gasteiger partial charge in [0.2, 0.25) is 5.91 Å². The minimum absolute atomic E-state index is 0.0962. The lowest BCUT2D eigenvalue weighted by Crippen LogP contribution is -2.12. The third-order valence-electron chi connectivity index (χ3n) is 3.93. The Morgan fingerprint density at radius 3 is 2.67 bits per heavy atom. The highest BCUT2D eigenvalue weighted by molar-refractivity contribution is 5.91. The standard InChI is InChI=1S/C16H23NO/c1-3-16(18)17-15-11-14(10-9-12(15)2)13-7-5-4-6-8-13/h9-11,13H,3-8H2,1-2H3,(H,17,18). The third-order valence-corrected chi connectivity index (χ3v) is 3.93. The van der Waals surface area contributed by atoms with Gasteiger partial charge in [-0.3, -0.25) is 4.79 Å². The summed E-state index contributed by atoms with van der Waals surface area (Å²) in [6, 6.07) is 6.54. The number of hydrogen-bond donors (Lipinski definition) is 1. The van der Waals surface area contributed by atoms with E-state index in [1.54, 1.807) is 0 Å². The molecule has 1 saturated carbocycles. The monoisotopic (exact) mass is 245 g/mol. The molecular formula is C16H23NO. The van der Waals surface area contributed by atoms with Crippen LogP contribution in [0.2, 0.25) is 0 Å². The zero-order valence-corrected chi connectivity index (χ0v) is 11.5. The van der Waals surface area contributed by atoms with Crippen molar-refractivity contribution < 1.29 is 4.79 Å². The average Bonchev–Trinajstić information content (AvgIpc) is 2.42. The Morgan fingerprint density at radius 1 is 1.28 bits per heavy atom. The molecule has 1 aromatic carbocycles. The highest BCUT2D eigenvalue weighted by atomic mass is 16.1. The lowest BCUT2D eigenvalue weighted by Gasteiger charge is -2.23. The van der Waals surface area contributed by atoms with Gasteiger partial charge in [-0.1, -0.05) is 38.3 Å². The van der Waals surface area contributed by atoms with Crippen LogP contribution in [-0.4, -0.2) is 5.91 Å². The first-order valence-electron chi connectivity index (χ1n) is 7.11. The van der Waals surface area contributed by atoms with Crippen LogP contribution in [0.5, 0.6) is 0 Å². The number of amides is 1. The predicted octanol–water partition coefficient (Wildman–Crippen LogP) is 4.39. The van der Waals surface area contributed by atoms with E-state index in [4.69, 9.17) is 0 Å². The van der Waals surface area contributed by atoms with Gasteiger partial charge in [-0.05, 0) is 42.9 Å². The Balaban J connectivity index is 2.16. The average molecular weight is 245 g/mol. The van der Waals surface area contributed by atoms with Crippen LogP contribution in [0.1, 0.15) is 62.5 Å². The normalized spacial score (nSPS) is 16.6. The first-order valence-corrected chi connectivity index (χ1v) is 7.11. The smallest absolute Gasteiger partial charge is 0.224 e. The molecule has 1 aliphatic carbocycles. The summed E-state index contributed by atoms with van der Waals surface area (Å²) in [7, 11) is 0. The Bertz CT molecular complexity index is 419. The molecule has 0 unspecified atom stereocenters. The molecule has 0 saturated heterocycles. The maximum atomic E-state index is 11.5. The molecule has 0 atom stereocenters. The zero-order valence-electron chi connectivity index (χ0n) is 11.5. The molecule has 1 N–H and O–H groups in total. The Morgan fingerprint density at radius 2 is 2.00 bits per heavy atom. The van der Waals surface area contributed by atoms with Crippen molar-refractivity contribution in [3.8, 4) is 0 Å². The van der Waals surface area contributed by atoms with E-state index in [2.05, 4.69) is 30.4 Å². The molecular weight excluding hydrogens is 222 g/mol. The zero-order chi connectivity index (χ0) is 13.0. The third kappa shape index (κ3) is 3.12. The van der Waals surface area contributed by atoms with E-state index in [1.807, 2.05) is 6.92 Å². The molecule has 1 amide bonds. The van der Waals surface area contributed by atoms with Gasteiger partial charge in [0.1, 0.15) is 0 Å². The number of carbonyl (C=O) groups excluding carboxylic acids is 1. The van der Waals surface area contributed by atoms with Crippen molar-refractivity contribution in [1.29, 1.82) is 0 Å². The molecule has 2 heteroatoms. The fourth-order valence-corrected chi connectivity index (χ4v) is 2.70. The van der Waals surface area contributed by atoms with Crippen molar-refractivity contribution in [3.05, 3.63) is 29.3 Å². The van der Waals surface area contributed by atoms with Gasteiger partial charge in [0.05, 0.1) is 0 Å². The summed E-state index contributed by atoms with van der Waals surface area (Å²) in [5.74, 6) is 0.788. The topological polar surface area (TPSA) is 29.1 Å². The molecule has 0 aliphatic heterocycles. The highest BCUT2D eigenvalue weighted by Gasteiger charge is 2.16. The second kappa shape index (κ2) is 6.03. The number of anilines is 1. The summed E-state index contributed by atoms with van der Waals surface area (Å²) in [5, 5.41) is 3.00. The molecule has 0 heterocycles. The van der Waals surface area contributed by atoms with E-state index in [-0.39, 0.29) is 5.91 Å². The van der Waals surface area contributed by atoms with Crippen molar-refractivity contribution in [2.75, 3.05) is 5.32 Å². The summed E-state index contributed by atoms with van der Waals surface area (Å²) >= 11 is 0. The molecule has 2 nitrogen and oxygen atoms in total. The van der Waals surface area contributed by atoms with Crippen LogP contribution in [0.4, 0.5) is 5.69 Å². The number of benzene rings is 1. The van der Waals surface area contributed by atoms with Crippen LogP contribution < -0.4 is 5.32 Å². The highest BCUT2D eigenvalue weighted by Crippen LogP contribution is 2.34. The fourth-order valence-electron chi connectivity index (χ4n) is 2.70. The van der Waals surface area contributed by atoms with Crippen molar-refractivity contribution in [3.63, 3.8) is 0 Å². The minimum Gasteiger partial charge on any atom is -0.326 e. The first kappa shape index (κ1) is 13.1. The van der Waals surface area contributed by atoms with E-state index in [0.717, 1.165) is 11.3 Å². The van der Waals surface area contributed by atoms with Crippen LogP contribution in [0.15, 0.2) is 18.2 Å². The number of rotatable bonds is 3.